The van der Waals surface area contributed by atoms with Gasteiger partial charge in [-0.3, -0.25) is 0 Å². The zero-order valence-corrected chi connectivity index (χ0v) is 11.5. The summed E-state index contributed by atoms with van der Waals surface area (Å²) in [5, 5.41) is 15.2. The fourth-order valence-electron chi connectivity index (χ4n) is 2.64. The second-order valence-electron chi connectivity index (χ2n) is 4.85. The van der Waals surface area contributed by atoms with Crippen LogP contribution in [0, 0.1) is 0 Å². The SMILES string of the molecule is CNC1CCCC1c1nc(-c2ccc(OC)nn2)no1. The van der Waals surface area contributed by atoms with Crippen LogP contribution >= 0.6 is 0 Å². The average molecular weight is 275 g/mol. The molecule has 2 atom stereocenters. The minimum absolute atomic E-state index is 0.285. The molecule has 1 fully saturated rings. The Morgan fingerprint density at radius 3 is 2.90 bits per heavy atom. The highest BCUT2D eigenvalue weighted by Gasteiger charge is 2.32. The molecule has 1 aliphatic carbocycles. The van der Waals surface area contributed by atoms with Crippen molar-refractivity contribution in [2.75, 3.05) is 14.2 Å². The van der Waals surface area contributed by atoms with Crippen LogP contribution < -0.4 is 10.1 Å². The summed E-state index contributed by atoms with van der Waals surface area (Å²) in [6, 6.07) is 3.90. The quantitative estimate of drug-likeness (QED) is 0.902. The topological polar surface area (TPSA) is 86.0 Å². The summed E-state index contributed by atoms with van der Waals surface area (Å²) in [7, 11) is 3.52. The maximum atomic E-state index is 5.39. The highest BCUT2D eigenvalue weighted by molar-refractivity contribution is 5.47. The molecule has 2 aromatic heterocycles. The summed E-state index contributed by atoms with van der Waals surface area (Å²) in [5.74, 6) is 1.89. The number of nitrogens with one attached hydrogen (secondary N) is 1. The molecule has 106 valence electrons. The van der Waals surface area contributed by atoms with Crippen molar-refractivity contribution < 1.29 is 9.26 Å². The standard InChI is InChI=1S/C13H17N5O2/c1-14-9-5-3-4-8(9)13-15-12(18-20-13)10-6-7-11(19-2)17-16-10/h6-9,14H,3-5H2,1-2H3. The number of likely N-dealkylation sites (N-methyl/N-ethyl adjacent to an activating group) is 1. The predicted molar refractivity (Wildman–Crippen MR) is 71.3 cm³/mol. The summed E-state index contributed by atoms with van der Waals surface area (Å²) in [6.45, 7) is 0. The smallest absolute Gasteiger partial charge is 0.233 e. The van der Waals surface area contributed by atoms with E-state index in [0.717, 1.165) is 12.8 Å². The molecular formula is C13H17N5O2. The Bertz CT molecular complexity index is 568. The molecule has 0 spiro atoms. The first-order valence-electron chi connectivity index (χ1n) is 6.70. The molecule has 3 rings (SSSR count). The van der Waals surface area contributed by atoms with E-state index < -0.39 is 0 Å². The van der Waals surface area contributed by atoms with Crippen molar-refractivity contribution in [3.05, 3.63) is 18.0 Å². The lowest BCUT2D eigenvalue weighted by atomic mass is 10.0. The van der Waals surface area contributed by atoms with Gasteiger partial charge in [-0.15, -0.1) is 10.2 Å². The lowest BCUT2D eigenvalue weighted by Crippen LogP contribution is -2.27. The molecule has 20 heavy (non-hydrogen) atoms. The molecule has 2 unspecified atom stereocenters. The zero-order chi connectivity index (χ0) is 13.9. The van der Waals surface area contributed by atoms with Gasteiger partial charge in [-0.1, -0.05) is 11.6 Å². The van der Waals surface area contributed by atoms with Gasteiger partial charge in [0.15, 0.2) is 0 Å². The Hall–Kier alpha value is -2.02. The van der Waals surface area contributed by atoms with Crippen LogP contribution in [-0.4, -0.2) is 40.5 Å². The molecule has 1 N–H and O–H groups in total. The van der Waals surface area contributed by atoms with E-state index in [2.05, 4.69) is 25.7 Å². The van der Waals surface area contributed by atoms with Crippen molar-refractivity contribution in [3.8, 4) is 17.4 Å². The van der Waals surface area contributed by atoms with Gasteiger partial charge in [0.25, 0.3) is 0 Å². The molecule has 7 nitrogen and oxygen atoms in total. The maximum Gasteiger partial charge on any atom is 0.233 e. The summed E-state index contributed by atoms with van der Waals surface area (Å²) in [5.41, 5.74) is 0.583. The third kappa shape index (κ3) is 2.36. The second kappa shape index (κ2) is 5.54. The molecule has 2 heterocycles. The monoisotopic (exact) mass is 275 g/mol. The molecule has 0 radical (unpaired) electrons. The van der Waals surface area contributed by atoms with Crippen LogP contribution in [0.15, 0.2) is 16.7 Å². The number of rotatable bonds is 4. The van der Waals surface area contributed by atoms with Crippen molar-refractivity contribution in [3.63, 3.8) is 0 Å². The van der Waals surface area contributed by atoms with Crippen LogP contribution in [0.5, 0.6) is 5.88 Å². The van der Waals surface area contributed by atoms with Gasteiger partial charge in [0.2, 0.25) is 17.6 Å². The van der Waals surface area contributed by atoms with Crippen molar-refractivity contribution in [2.24, 2.45) is 0 Å². The summed E-state index contributed by atoms with van der Waals surface area (Å²) < 4.78 is 10.4. The lowest BCUT2D eigenvalue weighted by Gasteiger charge is -2.14. The van der Waals surface area contributed by atoms with Crippen molar-refractivity contribution in [1.82, 2.24) is 25.7 Å². The molecule has 0 amide bonds. The number of nitrogens with zero attached hydrogens (tertiary/aromatic N) is 4. The largest absolute Gasteiger partial charge is 0.480 e. The van der Waals surface area contributed by atoms with Gasteiger partial charge in [-0.2, -0.15) is 4.98 Å². The van der Waals surface area contributed by atoms with E-state index in [-0.39, 0.29) is 5.92 Å². The molecule has 1 aliphatic rings. The second-order valence-corrected chi connectivity index (χ2v) is 4.85. The summed E-state index contributed by atoms with van der Waals surface area (Å²) in [4.78, 5) is 4.46. The highest BCUT2D eigenvalue weighted by Crippen LogP contribution is 2.34. The highest BCUT2D eigenvalue weighted by atomic mass is 16.5. The number of hydrogen-bond acceptors (Lipinski definition) is 7. The Labute approximate surface area is 116 Å². The predicted octanol–water partition coefficient (Wildman–Crippen LogP) is 1.39. The van der Waals surface area contributed by atoms with Gasteiger partial charge in [-0.05, 0) is 26.0 Å². The minimum atomic E-state index is 0.285. The number of ether oxygens (including phenoxy) is 1. The first-order chi connectivity index (χ1) is 9.81. The maximum absolute atomic E-state index is 5.39. The number of hydrogen-bond donors (Lipinski definition) is 1. The zero-order valence-electron chi connectivity index (χ0n) is 11.5. The fourth-order valence-corrected chi connectivity index (χ4v) is 2.64. The van der Waals surface area contributed by atoms with Crippen LogP contribution in [0.4, 0.5) is 0 Å². The Balaban J connectivity index is 1.82. The van der Waals surface area contributed by atoms with E-state index in [9.17, 15) is 0 Å². The molecule has 0 bridgehead atoms. The van der Waals surface area contributed by atoms with Crippen LogP contribution in [0.1, 0.15) is 31.1 Å². The van der Waals surface area contributed by atoms with Gasteiger partial charge in [0.05, 0.1) is 13.0 Å². The van der Waals surface area contributed by atoms with Crippen LogP contribution in [0.3, 0.4) is 0 Å². The first-order valence-corrected chi connectivity index (χ1v) is 6.70. The summed E-state index contributed by atoms with van der Waals surface area (Å²) in [6.07, 6.45) is 3.39. The molecule has 1 saturated carbocycles. The third-order valence-corrected chi connectivity index (χ3v) is 3.72. The molecular weight excluding hydrogens is 258 g/mol. The van der Waals surface area contributed by atoms with Crippen LogP contribution in [0.2, 0.25) is 0 Å². The lowest BCUT2D eigenvalue weighted by molar-refractivity contribution is 0.335. The Morgan fingerprint density at radius 1 is 1.30 bits per heavy atom. The molecule has 0 aliphatic heterocycles. The number of aromatic nitrogens is 4. The van der Waals surface area contributed by atoms with E-state index >= 15 is 0 Å². The van der Waals surface area contributed by atoms with E-state index in [4.69, 9.17) is 9.26 Å². The van der Waals surface area contributed by atoms with E-state index in [1.807, 2.05) is 7.05 Å². The van der Waals surface area contributed by atoms with Gasteiger partial charge >= 0.3 is 0 Å². The van der Waals surface area contributed by atoms with Crippen LogP contribution in [-0.2, 0) is 0 Å². The first kappa shape index (κ1) is 13.0. The normalized spacial score (nSPS) is 22.1. The van der Waals surface area contributed by atoms with Gasteiger partial charge in [0.1, 0.15) is 5.69 Å². The molecule has 0 aromatic carbocycles. The van der Waals surface area contributed by atoms with E-state index in [0.29, 0.717) is 29.3 Å². The average Bonchev–Trinajstić information content (AvgIpc) is 3.15. The fraction of sp³-hybridized carbons (Fsp3) is 0.538. The van der Waals surface area contributed by atoms with Crippen LogP contribution in [0.25, 0.3) is 11.5 Å². The van der Waals surface area contributed by atoms with Gasteiger partial charge in [0, 0.05) is 12.1 Å². The van der Waals surface area contributed by atoms with Crippen molar-refractivity contribution in [1.29, 1.82) is 0 Å². The Kier molecular flexibility index (Phi) is 3.60. The van der Waals surface area contributed by atoms with Crippen molar-refractivity contribution in [2.45, 2.75) is 31.2 Å². The molecule has 0 saturated heterocycles. The minimum Gasteiger partial charge on any atom is -0.480 e. The molecule has 2 aromatic rings. The Morgan fingerprint density at radius 2 is 2.20 bits per heavy atom. The van der Waals surface area contributed by atoms with E-state index in [1.165, 1.54) is 6.42 Å². The van der Waals surface area contributed by atoms with E-state index in [1.54, 1.807) is 19.2 Å². The van der Waals surface area contributed by atoms with Crippen molar-refractivity contribution >= 4 is 0 Å². The third-order valence-electron chi connectivity index (χ3n) is 3.72. The number of methoxy groups -OCH3 is 1. The van der Waals surface area contributed by atoms with Gasteiger partial charge < -0.3 is 14.6 Å². The van der Waals surface area contributed by atoms with Gasteiger partial charge in [-0.25, -0.2) is 0 Å². The molecule has 7 heteroatoms. The summed E-state index contributed by atoms with van der Waals surface area (Å²) >= 11 is 0.